The summed E-state index contributed by atoms with van der Waals surface area (Å²) in [5, 5.41) is 11.5. The summed E-state index contributed by atoms with van der Waals surface area (Å²) in [5.41, 5.74) is 1.20. The first-order chi connectivity index (χ1) is 15.1. The fourth-order valence-corrected chi connectivity index (χ4v) is 4.29. The van der Waals surface area contributed by atoms with Crippen molar-refractivity contribution in [3.05, 3.63) is 70.5 Å². The van der Waals surface area contributed by atoms with Crippen LogP contribution >= 0.6 is 11.6 Å². The van der Waals surface area contributed by atoms with Crippen molar-refractivity contribution >= 4 is 29.1 Å². The van der Waals surface area contributed by atoms with E-state index in [1.807, 2.05) is 6.07 Å². The maximum Gasteiger partial charge on any atom is 0.295 e. The highest BCUT2D eigenvalue weighted by atomic mass is 35.5. The maximum atomic E-state index is 13.0. The number of pyridine rings is 1. The zero-order valence-electron chi connectivity index (χ0n) is 17.0. The topological polar surface area (TPSA) is 83.0 Å². The molecule has 4 rings (SSSR count). The lowest BCUT2D eigenvalue weighted by molar-refractivity contribution is -0.140. The van der Waals surface area contributed by atoms with Crippen LogP contribution in [0.3, 0.4) is 0 Å². The van der Waals surface area contributed by atoms with Gasteiger partial charge in [0.15, 0.2) is 0 Å². The van der Waals surface area contributed by atoms with E-state index < -0.39 is 17.7 Å². The van der Waals surface area contributed by atoms with Crippen LogP contribution in [0.15, 0.2) is 54.4 Å². The minimum absolute atomic E-state index is 0.0739. The number of aliphatic hydroxyl groups is 1. The smallest absolute Gasteiger partial charge is 0.295 e. The highest BCUT2D eigenvalue weighted by Crippen LogP contribution is 2.39. The molecule has 1 aromatic carbocycles. The summed E-state index contributed by atoms with van der Waals surface area (Å²) in [6.45, 7) is 4.33. The Morgan fingerprint density at radius 3 is 2.58 bits per heavy atom. The van der Waals surface area contributed by atoms with Crippen molar-refractivity contribution in [3.8, 4) is 0 Å². The van der Waals surface area contributed by atoms with Crippen LogP contribution in [-0.4, -0.2) is 71.0 Å². The fourth-order valence-electron chi connectivity index (χ4n) is 4.09. The molecule has 2 aliphatic heterocycles. The second-order valence-electron chi connectivity index (χ2n) is 7.59. The summed E-state index contributed by atoms with van der Waals surface area (Å²) < 4.78 is 5.38. The molecule has 31 heavy (non-hydrogen) atoms. The first-order valence-corrected chi connectivity index (χ1v) is 10.7. The van der Waals surface area contributed by atoms with Gasteiger partial charge in [-0.2, -0.15) is 0 Å². The highest BCUT2D eigenvalue weighted by Gasteiger charge is 2.45. The van der Waals surface area contributed by atoms with E-state index in [0.717, 1.165) is 19.6 Å². The van der Waals surface area contributed by atoms with Crippen LogP contribution in [0, 0.1) is 0 Å². The predicted octanol–water partition coefficient (Wildman–Crippen LogP) is 2.88. The molecule has 1 N–H and O–H groups in total. The molecule has 162 valence electrons. The molecule has 0 saturated carbocycles. The van der Waals surface area contributed by atoms with Crippen LogP contribution < -0.4 is 0 Å². The van der Waals surface area contributed by atoms with Crippen molar-refractivity contribution in [2.45, 2.75) is 12.5 Å². The molecule has 0 bridgehead atoms. The first kappa shape index (κ1) is 21.5. The van der Waals surface area contributed by atoms with Crippen molar-refractivity contribution in [1.29, 1.82) is 0 Å². The SMILES string of the molecule is O=C1C(=O)N(CCCN2CCOCC2)[C@@H](c2cccc(Cl)c2)C1=C(O)c1ccncc1. The van der Waals surface area contributed by atoms with E-state index in [2.05, 4.69) is 9.88 Å². The lowest BCUT2D eigenvalue weighted by Crippen LogP contribution is -2.38. The van der Waals surface area contributed by atoms with Crippen molar-refractivity contribution in [2.24, 2.45) is 0 Å². The summed E-state index contributed by atoms with van der Waals surface area (Å²) in [6, 6.07) is 9.57. The largest absolute Gasteiger partial charge is 0.507 e. The van der Waals surface area contributed by atoms with Crippen LogP contribution in [0.1, 0.15) is 23.6 Å². The minimum atomic E-state index is -0.698. The Balaban J connectivity index is 1.66. The number of carbonyl (C=O) groups excluding carboxylic acids is 2. The molecule has 2 aliphatic rings. The summed E-state index contributed by atoms with van der Waals surface area (Å²) in [7, 11) is 0. The monoisotopic (exact) mass is 441 g/mol. The average molecular weight is 442 g/mol. The standard InChI is InChI=1S/C23H24ClN3O4/c24-18-4-1-3-17(15-18)20-19(21(28)16-5-7-25-8-6-16)22(29)23(30)27(20)10-2-9-26-11-13-31-14-12-26/h1,3-8,15,20,28H,2,9-14H2/t20-/m0/s1. The van der Waals surface area contributed by atoms with Crippen LogP contribution in [0.25, 0.3) is 5.76 Å². The predicted molar refractivity (Wildman–Crippen MR) is 117 cm³/mol. The van der Waals surface area contributed by atoms with Gasteiger partial charge in [-0.05, 0) is 36.2 Å². The number of likely N-dealkylation sites (tertiary alicyclic amines) is 1. The number of hydrogen-bond acceptors (Lipinski definition) is 6. The molecule has 0 spiro atoms. The lowest BCUT2D eigenvalue weighted by Gasteiger charge is -2.29. The van der Waals surface area contributed by atoms with Gasteiger partial charge in [-0.3, -0.25) is 19.5 Å². The third-order valence-corrected chi connectivity index (χ3v) is 5.87. The molecule has 3 heterocycles. The van der Waals surface area contributed by atoms with E-state index in [9.17, 15) is 14.7 Å². The van der Waals surface area contributed by atoms with Crippen molar-refractivity contribution < 1.29 is 19.4 Å². The summed E-state index contributed by atoms with van der Waals surface area (Å²) in [6.07, 6.45) is 3.77. The van der Waals surface area contributed by atoms with E-state index in [0.29, 0.717) is 42.3 Å². The van der Waals surface area contributed by atoms with Gasteiger partial charge < -0.3 is 14.7 Å². The third-order valence-electron chi connectivity index (χ3n) is 5.64. The Hall–Kier alpha value is -2.74. The molecule has 0 aliphatic carbocycles. The van der Waals surface area contributed by atoms with E-state index in [4.69, 9.17) is 16.3 Å². The molecule has 1 aromatic heterocycles. The van der Waals surface area contributed by atoms with Crippen LogP contribution in [0.2, 0.25) is 5.02 Å². The minimum Gasteiger partial charge on any atom is -0.507 e. The zero-order valence-corrected chi connectivity index (χ0v) is 17.8. The second kappa shape index (κ2) is 9.60. The quantitative estimate of drug-likeness (QED) is 0.421. The van der Waals surface area contributed by atoms with Gasteiger partial charge in [-0.25, -0.2) is 0 Å². The molecule has 1 amide bonds. The van der Waals surface area contributed by atoms with Gasteiger partial charge >= 0.3 is 0 Å². The Labute approximate surface area is 185 Å². The van der Waals surface area contributed by atoms with Gasteiger partial charge in [0.05, 0.1) is 24.8 Å². The van der Waals surface area contributed by atoms with Gasteiger partial charge in [-0.15, -0.1) is 0 Å². The second-order valence-corrected chi connectivity index (χ2v) is 8.03. The number of ketones is 1. The molecule has 2 aromatic rings. The van der Waals surface area contributed by atoms with Crippen molar-refractivity contribution in [1.82, 2.24) is 14.8 Å². The van der Waals surface area contributed by atoms with Crippen molar-refractivity contribution in [2.75, 3.05) is 39.4 Å². The van der Waals surface area contributed by atoms with Gasteiger partial charge in [0.1, 0.15) is 5.76 Å². The lowest BCUT2D eigenvalue weighted by atomic mass is 9.95. The number of rotatable bonds is 6. The van der Waals surface area contributed by atoms with Crippen LogP contribution in [-0.2, 0) is 14.3 Å². The molecular formula is C23H24ClN3O4. The third kappa shape index (κ3) is 4.63. The number of ether oxygens (including phenoxy) is 1. The maximum absolute atomic E-state index is 13.0. The molecule has 2 fully saturated rings. The van der Waals surface area contributed by atoms with Gasteiger partial charge in [0, 0.05) is 49.2 Å². The molecule has 8 heteroatoms. The fraction of sp³-hybridized carbons (Fsp3) is 0.348. The molecule has 1 atom stereocenters. The number of halogens is 1. The number of morpholine rings is 1. The summed E-state index contributed by atoms with van der Waals surface area (Å²) in [5.74, 6) is -1.50. The molecule has 2 saturated heterocycles. The number of carbonyl (C=O) groups is 2. The number of nitrogens with zero attached hydrogens (tertiary/aromatic N) is 3. The van der Waals surface area contributed by atoms with Gasteiger partial charge in [0.2, 0.25) is 0 Å². The molecular weight excluding hydrogens is 418 g/mol. The van der Waals surface area contributed by atoms with E-state index in [1.54, 1.807) is 35.2 Å². The van der Waals surface area contributed by atoms with Gasteiger partial charge in [-0.1, -0.05) is 23.7 Å². The highest BCUT2D eigenvalue weighted by molar-refractivity contribution is 6.46. The summed E-state index contributed by atoms with van der Waals surface area (Å²) >= 11 is 6.20. The van der Waals surface area contributed by atoms with Crippen LogP contribution in [0.4, 0.5) is 0 Å². The first-order valence-electron chi connectivity index (χ1n) is 10.3. The summed E-state index contributed by atoms with van der Waals surface area (Å²) in [4.78, 5) is 33.7. The van der Waals surface area contributed by atoms with Crippen molar-refractivity contribution in [3.63, 3.8) is 0 Å². The molecule has 0 radical (unpaired) electrons. The Morgan fingerprint density at radius 1 is 1.13 bits per heavy atom. The number of hydrogen-bond donors (Lipinski definition) is 1. The van der Waals surface area contributed by atoms with E-state index in [-0.39, 0.29) is 11.3 Å². The average Bonchev–Trinajstić information content (AvgIpc) is 3.05. The van der Waals surface area contributed by atoms with Gasteiger partial charge in [0.25, 0.3) is 11.7 Å². The van der Waals surface area contributed by atoms with E-state index in [1.165, 1.54) is 12.4 Å². The zero-order chi connectivity index (χ0) is 21.8. The number of aliphatic hydroxyl groups excluding tert-OH is 1. The van der Waals surface area contributed by atoms with Crippen LogP contribution in [0.5, 0.6) is 0 Å². The normalized spacial score (nSPS) is 21.6. The number of amides is 1. The van der Waals surface area contributed by atoms with E-state index >= 15 is 0 Å². The Kier molecular flexibility index (Phi) is 6.65. The number of benzene rings is 1. The molecule has 7 nitrogen and oxygen atoms in total. The Morgan fingerprint density at radius 2 is 1.87 bits per heavy atom. The number of aromatic nitrogens is 1. The number of Topliss-reactive ketones (excluding diaryl/α,β-unsaturated/α-hetero) is 1. The molecule has 0 unspecified atom stereocenters. The Bertz CT molecular complexity index is 989.